The van der Waals surface area contributed by atoms with Crippen LogP contribution >= 0.6 is 31.9 Å². The number of fused-ring (bicyclic) bond motifs is 1. The van der Waals surface area contributed by atoms with E-state index >= 15 is 0 Å². The van der Waals surface area contributed by atoms with E-state index in [1.165, 1.54) is 0 Å². The normalized spacial score (nSPS) is 12.4. The lowest BCUT2D eigenvalue weighted by atomic mass is 9.98. The number of hydrogen-bond donors (Lipinski definition) is 1. The highest BCUT2D eigenvalue weighted by molar-refractivity contribution is 9.11. The molecule has 2 aromatic carbocycles. The van der Waals surface area contributed by atoms with Gasteiger partial charge in [-0.05, 0) is 57.0 Å². The molecule has 0 radical (unpaired) electrons. The SMILES string of the molecule is COc1c(Br)cc(C(=O)c2c(C(C)O)oc3ccccc23)cc1Br. The maximum atomic E-state index is 13.1. The molecule has 0 spiro atoms. The number of halogens is 2. The molecule has 3 aromatic rings. The third kappa shape index (κ3) is 2.90. The van der Waals surface area contributed by atoms with Crippen LogP contribution < -0.4 is 4.74 Å². The fraction of sp³-hybridized carbons (Fsp3) is 0.167. The molecule has 1 aromatic heterocycles. The van der Waals surface area contributed by atoms with Crippen molar-refractivity contribution in [2.45, 2.75) is 13.0 Å². The molecule has 1 unspecified atom stereocenters. The van der Waals surface area contributed by atoms with E-state index in [0.29, 0.717) is 36.8 Å². The maximum absolute atomic E-state index is 13.1. The molecule has 6 heteroatoms. The Hall–Kier alpha value is -1.63. The maximum Gasteiger partial charge on any atom is 0.197 e. The molecule has 124 valence electrons. The molecule has 0 fully saturated rings. The largest absolute Gasteiger partial charge is 0.494 e. The van der Waals surface area contributed by atoms with Crippen LogP contribution in [0.5, 0.6) is 5.75 Å². The minimum atomic E-state index is -0.888. The number of carbonyl (C=O) groups excluding carboxylic acids is 1. The van der Waals surface area contributed by atoms with E-state index in [9.17, 15) is 9.90 Å². The number of hydrogen-bond acceptors (Lipinski definition) is 4. The van der Waals surface area contributed by atoms with Gasteiger partial charge in [0, 0.05) is 10.9 Å². The van der Waals surface area contributed by atoms with E-state index in [2.05, 4.69) is 31.9 Å². The molecule has 24 heavy (non-hydrogen) atoms. The van der Waals surface area contributed by atoms with Crippen molar-refractivity contribution >= 4 is 48.6 Å². The van der Waals surface area contributed by atoms with E-state index in [1.807, 2.05) is 18.2 Å². The van der Waals surface area contributed by atoms with Gasteiger partial charge >= 0.3 is 0 Å². The Labute approximate surface area is 155 Å². The Balaban J connectivity index is 2.21. The summed E-state index contributed by atoms with van der Waals surface area (Å²) >= 11 is 6.81. The molecule has 0 aliphatic heterocycles. The topological polar surface area (TPSA) is 59.7 Å². The van der Waals surface area contributed by atoms with Crippen molar-refractivity contribution in [3.63, 3.8) is 0 Å². The Kier molecular flexibility index (Phi) is 4.80. The van der Waals surface area contributed by atoms with Gasteiger partial charge in [0.15, 0.2) is 5.78 Å². The predicted octanol–water partition coefficient (Wildman–Crippen LogP) is 5.25. The Morgan fingerprint density at radius 3 is 2.42 bits per heavy atom. The first-order valence-corrected chi connectivity index (χ1v) is 8.79. The molecule has 4 nitrogen and oxygen atoms in total. The number of carbonyl (C=O) groups is 1. The number of para-hydroxylation sites is 1. The van der Waals surface area contributed by atoms with Crippen molar-refractivity contribution in [3.05, 3.63) is 62.2 Å². The van der Waals surface area contributed by atoms with Gasteiger partial charge in [-0.1, -0.05) is 18.2 Å². The van der Waals surface area contributed by atoms with Crippen LogP contribution in [0, 0.1) is 0 Å². The van der Waals surface area contributed by atoms with Crippen molar-refractivity contribution < 1.29 is 19.1 Å². The van der Waals surface area contributed by atoms with E-state index in [1.54, 1.807) is 32.2 Å². The Bertz CT molecular complexity index is 905. The summed E-state index contributed by atoms with van der Waals surface area (Å²) in [6, 6.07) is 10.6. The molecule has 1 atom stereocenters. The molecule has 0 saturated heterocycles. The lowest BCUT2D eigenvalue weighted by Gasteiger charge is -2.10. The van der Waals surface area contributed by atoms with E-state index in [0.717, 1.165) is 0 Å². The van der Waals surface area contributed by atoms with Gasteiger partial charge in [-0.3, -0.25) is 4.79 Å². The van der Waals surface area contributed by atoms with Crippen LogP contribution in [0.3, 0.4) is 0 Å². The summed E-state index contributed by atoms with van der Waals surface area (Å²) in [6.07, 6.45) is -0.888. The zero-order valence-electron chi connectivity index (χ0n) is 13.0. The lowest BCUT2D eigenvalue weighted by Crippen LogP contribution is -2.06. The van der Waals surface area contributed by atoms with E-state index < -0.39 is 6.10 Å². The fourth-order valence-corrected chi connectivity index (χ4v) is 4.13. The minimum Gasteiger partial charge on any atom is -0.494 e. The number of ketones is 1. The van der Waals surface area contributed by atoms with Gasteiger partial charge in [-0.15, -0.1) is 0 Å². The highest BCUT2D eigenvalue weighted by atomic mass is 79.9. The molecular formula is C18H14Br2O4. The smallest absolute Gasteiger partial charge is 0.197 e. The van der Waals surface area contributed by atoms with Crippen molar-refractivity contribution in [3.8, 4) is 5.75 Å². The monoisotopic (exact) mass is 452 g/mol. The molecule has 1 heterocycles. The summed E-state index contributed by atoms with van der Waals surface area (Å²) in [4.78, 5) is 13.1. The van der Waals surface area contributed by atoms with Gasteiger partial charge in [0.25, 0.3) is 0 Å². The number of aliphatic hydroxyl groups excluding tert-OH is 1. The van der Waals surface area contributed by atoms with Crippen molar-refractivity contribution in [1.29, 1.82) is 0 Å². The third-order valence-electron chi connectivity index (χ3n) is 3.69. The first-order valence-electron chi connectivity index (χ1n) is 7.21. The van der Waals surface area contributed by atoms with Crippen LogP contribution in [-0.4, -0.2) is 18.0 Å². The van der Waals surface area contributed by atoms with E-state index in [-0.39, 0.29) is 11.5 Å². The van der Waals surface area contributed by atoms with Crippen molar-refractivity contribution in [1.82, 2.24) is 0 Å². The van der Waals surface area contributed by atoms with Crippen molar-refractivity contribution in [2.24, 2.45) is 0 Å². The first kappa shape index (κ1) is 17.2. The summed E-state index contributed by atoms with van der Waals surface area (Å²) in [5.41, 5.74) is 1.41. The highest BCUT2D eigenvalue weighted by Gasteiger charge is 2.25. The third-order valence-corrected chi connectivity index (χ3v) is 4.87. The average molecular weight is 454 g/mol. The second kappa shape index (κ2) is 6.70. The lowest BCUT2D eigenvalue weighted by molar-refractivity contribution is 0.102. The summed E-state index contributed by atoms with van der Waals surface area (Å²) in [5.74, 6) is 0.656. The fourth-order valence-electron chi connectivity index (χ4n) is 2.62. The zero-order chi connectivity index (χ0) is 17.4. The summed E-state index contributed by atoms with van der Waals surface area (Å²) in [5, 5.41) is 10.7. The van der Waals surface area contributed by atoms with E-state index in [4.69, 9.17) is 9.15 Å². The Morgan fingerprint density at radius 1 is 1.21 bits per heavy atom. The predicted molar refractivity (Wildman–Crippen MR) is 98.7 cm³/mol. The Morgan fingerprint density at radius 2 is 1.83 bits per heavy atom. The highest BCUT2D eigenvalue weighted by Crippen LogP contribution is 2.37. The summed E-state index contributed by atoms with van der Waals surface area (Å²) < 4.78 is 12.3. The van der Waals surface area contributed by atoms with Crippen LogP contribution in [0.25, 0.3) is 11.0 Å². The second-order valence-corrected chi connectivity index (χ2v) is 7.02. The van der Waals surface area contributed by atoms with Crippen molar-refractivity contribution in [2.75, 3.05) is 7.11 Å². The number of rotatable bonds is 4. The molecule has 0 bridgehead atoms. The quantitative estimate of drug-likeness (QED) is 0.548. The molecular weight excluding hydrogens is 440 g/mol. The number of ether oxygens (including phenoxy) is 1. The average Bonchev–Trinajstić information content (AvgIpc) is 2.93. The minimum absolute atomic E-state index is 0.222. The standard InChI is InChI=1S/C18H14Br2O4/c1-9(21)17-15(11-5-3-4-6-14(11)24-17)16(22)10-7-12(19)18(23-2)13(20)8-10/h3-9,21H,1-2H3. The van der Waals surface area contributed by atoms with Gasteiger partial charge in [-0.25, -0.2) is 0 Å². The van der Waals surface area contributed by atoms with Gasteiger partial charge in [-0.2, -0.15) is 0 Å². The number of benzene rings is 2. The van der Waals surface area contributed by atoms with Crippen LogP contribution in [0.1, 0.15) is 34.7 Å². The van der Waals surface area contributed by atoms with Gasteiger partial charge in [0.1, 0.15) is 23.2 Å². The molecule has 0 aliphatic carbocycles. The van der Waals surface area contributed by atoms with Crippen LogP contribution in [0.2, 0.25) is 0 Å². The number of aliphatic hydroxyl groups is 1. The summed E-state index contributed by atoms with van der Waals surface area (Å²) in [7, 11) is 1.56. The van der Waals surface area contributed by atoms with Gasteiger partial charge < -0.3 is 14.3 Å². The molecule has 1 N–H and O–H groups in total. The van der Waals surface area contributed by atoms with Crippen LogP contribution in [0.4, 0.5) is 0 Å². The molecule has 3 rings (SSSR count). The molecule has 0 saturated carbocycles. The number of methoxy groups -OCH3 is 1. The van der Waals surface area contributed by atoms with Crippen LogP contribution in [-0.2, 0) is 0 Å². The van der Waals surface area contributed by atoms with Gasteiger partial charge in [0.2, 0.25) is 0 Å². The van der Waals surface area contributed by atoms with Crippen LogP contribution in [0.15, 0.2) is 49.8 Å². The van der Waals surface area contributed by atoms with Gasteiger partial charge in [0.05, 0.1) is 21.6 Å². The first-order chi connectivity index (χ1) is 11.4. The second-order valence-electron chi connectivity index (χ2n) is 5.32. The molecule has 0 amide bonds. The zero-order valence-corrected chi connectivity index (χ0v) is 16.1. The summed E-state index contributed by atoms with van der Waals surface area (Å²) in [6.45, 7) is 1.58. The number of furan rings is 1. The molecule has 0 aliphatic rings.